The molecule has 1 aliphatic rings. The van der Waals surface area contributed by atoms with Gasteiger partial charge in [0.15, 0.2) is 11.5 Å². The van der Waals surface area contributed by atoms with Crippen LogP contribution in [0.15, 0.2) is 47.3 Å². The van der Waals surface area contributed by atoms with Gasteiger partial charge in [0.1, 0.15) is 5.82 Å². The quantitative estimate of drug-likeness (QED) is 0.574. The largest absolute Gasteiger partial charge is 0.490 e. The molecule has 0 unspecified atom stereocenters. The number of fused-ring (bicyclic) bond motifs is 2. The van der Waals surface area contributed by atoms with Crippen molar-refractivity contribution in [3.63, 3.8) is 0 Å². The molecule has 1 aliphatic heterocycles. The van der Waals surface area contributed by atoms with Crippen LogP contribution in [0.3, 0.4) is 0 Å². The molecular weight excluding hydrogens is 340 g/mol. The summed E-state index contributed by atoms with van der Waals surface area (Å²) in [6.45, 7) is 6.77. The second kappa shape index (κ2) is 6.91. The predicted octanol–water partition coefficient (Wildman–Crippen LogP) is 4.66. The zero-order valence-corrected chi connectivity index (χ0v) is 15.7. The Labute approximate surface area is 158 Å². The van der Waals surface area contributed by atoms with Crippen LogP contribution < -0.4 is 15.0 Å². The minimum Gasteiger partial charge on any atom is -0.490 e. The van der Waals surface area contributed by atoms with Crippen molar-refractivity contribution in [1.82, 2.24) is 9.97 Å². The van der Waals surface area contributed by atoms with Crippen molar-refractivity contribution < 1.29 is 9.47 Å². The molecule has 0 bridgehead atoms. The Balaban J connectivity index is 1.74. The Morgan fingerprint density at radius 2 is 1.96 bits per heavy atom. The van der Waals surface area contributed by atoms with Gasteiger partial charge in [-0.2, -0.15) is 4.98 Å². The standard InChI is InChI=1S/C22H22N2O3/c1-4-26-18-7-5-6-16-12-17-21(25)23-20(24-22(17)27-19(16)18)15-10-8-14(9-11-15)13(2)3/h5-11,13H,4,12H2,1-3H3,(H,23,24,25). The van der Waals surface area contributed by atoms with Gasteiger partial charge in [-0.1, -0.05) is 50.2 Å². The fourth-order valence-corrected chi connectivity index (χ4v) is 3.25. The molecule has 5 nitrogen and oxygen atoms in total. The number of aromatic nitrogens is 2. The van der Waals surface area contributed by atoms with Crippen molar-refractivity contribution in [2.75, 3.05) is 6.61 Å². The van der Waals surface area contributed by atoms with Gasteiger partial charge in [0, 0.05) is 17.5 Å². The number of para-hydroxylation sites is 1. The van der Waals surface area contributed by atoms with Gasteiger partial charge < -0.3 is 14.5 Å². The summed E-state index contributed by atoms with van der Waals surface area (Å²) in [7, 11) is 0. The highest BCUT2D eigenvalue weighted by molar-refractivity contribution is 5.59. The number of nitrogens with zero attached hydrogens (tertiary/aromatic N) is 1. The summed E-state index contributed by atoms with van der Waals surface area (Å²) in [6.07, 6.45) is 0.473. The summed E-state index contributed by atoms with van der Waals surface area (Å²) in [5.74, 6) is 2.62. The maximum absolute atomic E-state index is 12.6. The maximum atomic E-state index is 12.6. The van der Waals surface area contributed by atoms with Crippen LogP contribution in [-0.4, -0.2) is 16.6 Å². The summed E-state index contributed by atoms with van der Waals surface area (Å²) in [5, 5.41) is 0. The van der Waals surface area contributed by atoms with E-state index in [9.17, 15) is 4.79 Å². The molecule has 5 heteroatoms. The first kappa shape index (κ1) is 17.3. The van der Waals surface area contributed by atoms with E-state index in [1.807, 2.05) is 37.3 Å². The molecule has 0 radical (unpaired) electrons. The lowest BCUT2D eigenvalue weighted by Gasteiger charge is -2.21. The number of rotatable bonds is 4. The Hall–Kier alpha value is -3.08. The highest BCUT2D eigenvalue weighted by atomic mass is 16.5. The zero-order valence-electron chi connectivity index (χ0n) is 15.7. The van der Waals surface area contributed by atoms with Crippen molar-refractivity contribution in [2.24, 2.45) is 0 Å². The Morgan fingerprint density at radius 1 is 1.19 bits per heavy atom. The van der Waals surface area contributed by atoms with Crippen LogP contribution in [0.2, 0.25) is 0 Å². The molecule has 1 aromatic heterocycles. The highest BCUT2D eigenvalue weighted by Crippen LogP contribution is 2.40. The first-order chi connectivity index (χ1) is 13.1. The molecule has 2 heterocycles. The van der Waals surface area contributed by atoms with Crippen LogP contribution in [0.5, 0.6) is 17.4 Å². The molecule has 0 aliphatic carbocycles. The molecule has 0 spiro atoms. The van der Waals surface area contributed by atoms with Crippen molar-refractivity contribution in [1.29, 1.82) is 0 Å². The summed E-state index contributed by atoms with van der Waals surface area (Å²) in [4.78, 5) is 20.1. The Morgan fingerprint density at radius 3 is 2.67 bits per heavy atom. The van der Waals surface area contributed by atoms with Crippen molar-refractivity contribution in [3.8, 4) is 28.8 Å². The maximum Gasteiger partial charge on any atom is 0.258 e. The predicted molar refractivity (Wildman–Crippen MR) is 105 cm³/mol. The second-order valence-electron chi connectivity index (χ2n) is 6.93. The van der Waals surface area contributed by atoms with E-state index in [0.29, 0.717) is 47.7 Å². The van der Waals surface area contributed by atoms with Gasteiger partial charge in [-0.15, -0.1) is 0 Å². The third-order valence-electron chi connectivity index (χ3n) is 4.75. The van der Waals surface area contributed by atoms with Gasteiger partial charge in [-0.3, -0.25) is 4.79 Å². The third kappa shape index (κ3) is 3.21. The SMILES string of the molecule is CCOc1cccc2c1Oc1nc(-c3ccc(C(C)C)cc3)[nH]c(=O)c1C2. The molecule has 3 aromatic rings. The molecule has 0 saturated carbocycles. The average Bonchev–Trinajstić information content (AvgIpc) is 2.67. The number of nitrogens with one attached hydrogen (secondary N) is 1. The van der Waals surface area contributed by atoms with Gasteiger partial charge >= 0.3 is 0 Å². The smallest absolute Gasteiger partial charge is 0.258 e. The average molecular weight is 362 g/mol. The monoisotopic (exact) mass is 362 g/mol. The molecule has 0 saturated heterocycles. The molecule has 1 N–H and O–H groups in total. The number of aromatic amines is 1. The van der Waals surface area contributed by atoms with Gasteiger partial charge in [0.05, 0.1) is 12.2 Å². The topological polar surface area (TPSA) is 64.2 Å². The van der Waals surface area contributed by atoms with Crippen LogP contribution in [-0.2, 0) is 6.42 Å². The molecular formula is C22H22N2O3. The fourth-order valence-electron chi connectivity index (χ4n) is 3.25. The van der Waals surface area contributed by atoms with Crippen molar-refractivity contribution in [3.05, 3.63) is 69.5 Å². The number of benzene rings is 2. The van der Waals surface area contributed by atoms with Crippen LogP contribution in [0, 0.1) is 0 Å². The van der Waals surface area contributed by atoms with E-state index in [-0.39, 0.29) is 5.56 Å². The van der Waals surface area contributed by atoms with Gasteiger partial charge in [0.2, 0.25) is 5.88 Å². The molecule has 0 fully saturated rings. The van der Waals surface area contributed by atoms with Crippen LogP contribution in [0.4, 0.5) is 0 Å². The summed E-state index contributed by atoms with van der Waals surface area (Å²) >= 11 is 0. The molecule has 2 aromatic carbocycles. The summed E-state index contributed by atoms with van der Waals surface area (Å²) in [6, 6.07) is 13.8. The van der Waals surface area contributed by atoms with E-state index in [4.69, 9.17) is 9.47 Å². The molecule has 0 atom stereocenters. The number of ether oxygens (including phenoxy) is 2. The van der Waals surface area contributed by atoms with E-state index >= 15 is 0 Å². The number of H-pyrrole nitrogens is 1. The second-order valence-corrected chi connectivity index (χ2v) is 6.93. The van der Waals surface area contributed by atoms with Gasteiger partial charge in [0.25, 0.3) is 5.56 Å². The first-order valence-corrected chi connectivity index (χ1v) is 9.23. The Bertz CT molecular complexity index is 1040. The molecule has 27 heavy (non-hydrogen) atoms. The minimum absolute atomic E-state index is 0.171. The lowest BCUT2D eigenvalue weighted by atomic mass is 10.0. The van der Waals surface area contributed by atoms with E-state index in [0.717, 1.165) is 11.1 Å². The van der Waals surface area contributed by atoms with Crippen LogP contribution >= 0.6 is 0 Å². The Kier molecular flexibility index (Phi) is 4.44. The van der Waals surface area contributed by atoms with Crippen molar-refractivity contribution >= 4 is 0 Å². The third-order valence-corrected chi connectivity index (χ3v) is 4.75. The lowest BCUT2D eigenvalue weighted by molar-refractivity contribution is 0.315. The van der Waals surface area contributed by atoms with E-state index in [2.05, 4.69) is 35.9 Å². The van der Waals surface area contributed by atoms with Crippen LogP contribution in [0.1, 0.15) is 43.4 Å². The molecule has 4 rings (SSSR count). The van der Waals surface area contributed by atoms with Crippen LogP contribution in [0.25, 0.3) is 11.4 Å². The van der Waals surface area contributed by atoms with E-state index in [1.54, 1.807) is 0 Å². The number of hydrogen-bond acceptors (Lipinski definition) is 4. The number of hydrogen-bond donors (Lipinski definition) is 1. The molecule has 138 valence electrons. The molecule has 0 amide bonds. The lowest BCUT2D eigenvalue weighted by Crippen LogP contribution is -2.20. The fraction of sp³-hybridized carbons (Fsp3) is 0.273. The van der Waals surface area contributed by atoms with E-state index < -0.39 is 0 Å². The minimum atomic E-state index is -0.171. The zero-order chi connectivity index (χ0) is 19.0. The van der Waals surface area contributed by atoms with E-state index in [1.165, 1.54) is 5.56 Å². The van der Waals surface area contributed by atoms with Gasteiger partial charge in [-0.05, 0) is 24.5 Å². The highest BCUT2D eigenvalue weighted by Gasteiger charge is 2.25. The first-order valence-electron chi connectivity index (χ1n) is 9.23. The summed E-state index contributed by atoms with van der Waals surface area (Å²) < 4.78 is 11.7. The van der Waals surface area contributed by atoms with Gasteiger partial charge in [-0.25, -0.2) is 0 Å². The normalized spacial score (nSPS) is 12.3. The summed E-state index contributed by atoms with van der Waals surface area (Å²) in [5.41, 5.74) is 3.39. The van der Waals surface area contributed by atoms with Crippen molar-refractivity contribution in [2.45, 2.75) is 33.1 Å².